The molecule has 1 atom stereocenters. The summed E-state index contributed by atoms with van der Waals surface area (Å²) in [5.74, 6) is 0.254. The number of hydrogen-bond donors (Lipinski definition) is 3. The lowest BCUT2D eigenvalue weighted by molar-refractivity contribution is -0.122. The fourth-order valence-corrected chi connectivity index (χ4v) is 1.48. The number of nitrogens with two attached hydrogens (primary N) is 1. The summed E-state index contributed by atoms with van der Waals surface area (Å²) < 4.78 is 1.81. The first-order valence-corrected chi connectivity index (χ1v) is 5.06. The van der Waals surface area contributed by atoms with Crippen LogP contribution in [0.1, 0.15) is 6.92 Å². The van der Waals surface area contributed by atoms with Gasteiger partial charge in [-0.3, -0.25) is 9.48 Å². The van der Waals surface area contributed by atoms with E-state index in [0.717, 1.165) is 10.9 Å². The first kappa shape index (κ1) is 13.0. The lowest BCUT2D eigenvalue weighted by Gasteiger charge is -2.06. The molecule has 1 aromatic carbocycles. The SMILES string of the molecule is C[C@H](N)Cn1ncc2ccc(O)cc21.O=CO. The van der Waals surface area contributed by atoms with Gasteiger partial charge in [0.2, 0.25) is 0 Å². The van der Waals surface area contributed by atoms with Crippen LogP contribution in [0, 0.1) is 0 Å². The fraction of sp³-hybridized carbons (Fsp3) is 0.273. The molecule has 92 valence electrons. The molecule has 0 saturated carbocycles. The van der Waals surface area contributed by atoms with Crippen LogP contribution in [-0.4, -0.2) is 32.5 Å². The van der Waals surface area contributed by atoms with Crippen molar-refractivity contribution in [2.45, 2.75) is 19.5 Å². The molecule has 0 saturated heterocycles. The number of aromatic nitrogens is 2. The van der Waals surface area contributed by atoms with Crippen LogP contribution in [0.5, 0.6) is 5.75 Å². The Labute approximate surface area is 98.3 Å². The molecular weight excluding hydrogens is 222 g/mol. The van der Waals surface area contributed by atoms with Crippen molar-refractivity contribution in [3.8, 4) is 5.75 Å². The number of phenolic OH excluding ortho intramolecular Hbond substituents is 1. The summed E-state index contributed by atoms with van der Waals surface area (Å²) in [6.07, 6.45) is 1.77. The lowest BCUT2D eigenvalue weighted by Crippen LogP contribution is -2.22. The molecule has 0 bridgehead atoms. The number of phenols is 1. The van der Waals surface area contributed by atoms with Crippen molar-refractivity contribution in [3.05, 3.63) is 24.4 Å². The standard InChI is InChI=1S/C10H13N3O.CH2O2/c1-7(11)6-13-10-4-9(14)3-2-8(10)5-12-13;2-1-3/h2-5,7,14H,6,11H2,1H3;1H,(H,2,3)/t7-;/m0./s1. The number of nitrogens with zero attached hydrogens (tertiary/aromatic N) is 2. The molecule has 0 unspecified atom stereocenters. The first-order valence-electron chi connectivity index (χ1n) is 5.06. The Morgan fingerprint density at radius 3 is 2.82 bits per heavy atom. The summed E-state index contributed by atoms with van der Waals surface area (Å²) in [4.78, 5) is 8.36. The summed E-state index contributed by atoms with van der Waals surface area (Å²) >= 11 is 0. The van der Waals surface area contributed by atoms with E-state index in [1.54, 1.807) is 23.0 Å². The Balaban J connectivity index is 0.000000437. The molecule has 0 amide bonds. The smallest absolute Gasteiger partial charge is 0.290 e. The highest BCUT2D eigenvalue weighted by Gasteiger charge is 2.04. The molecule has 0 spiro atoms. The monoisotopic (exact) mass is 237 g/mol. The van der Waals surface area contributed by atoms with Crippen molar-refractivity contribution in [3.63, 3.8) is 0 Å². The Bertz CT molecular complexity index is 494. The highest BCUT2D eigenvalue weighted by Crippen LogP contribution is 2.19. The van der Waals surface area contributed by atoms with Gasteiger partial charge in [0.25, 0.3) is 6.47 Å². The molecule has 2 aromatic rings. The molecular formula is C11H15N3O3. The van der Waals surface area contributed by atoms with Gasteiger partial charge in [-0.25, -0.2) is 0 Å². The van der Waals surface area contributed by atoms with Gasteiger partial charge >= 0.3 is 0 Å². The molecule has 0 aliphatic rings. The van der Waals surface area contributed by atoms with E-state index in [1.807, 2.05) is 13.0 Å². The number of aromatic hydroxyl groups is 1. The average molecular weight is 237 g/mol. The highest BCUT2D eigenvalue weighted by molar-refractivity contribution is 5.79. The van der Waals surface area contributed by atoms with Crippen molar-refractivity contribution in [2.24, 2.45) is 5.73 Å². The third-order valence-corrected chi connectivity index (χ3v) is 2.09. The second-order valence-electron chi connectivity index (χ2n) is 3.65. The minimum atomic E-state index is -0.250. The number of benzene rings is 1. The van der Waals surface area contributed by atoms with Crippen LogP contribution in [0.4, 0.5) is 0 Å². The largest absolute Gasteiger partial charge is 0.508 e. The third-order valence-electron chi connectivity index (χ3n) is 2.09. The maximum Gasteiger partial charge on any atom is 0.290 e. The summed E-state index contributed by atoms with van der Waals surface area (Å²) in [5.41, 5.74) is 6.61. The van der Waals surface area contributed by atoms with Gasteiger partial charge < -0.3 is 15.9 Å². The van der Waals surface area contributed by atoms with Gasteiger partial charge in [0, 0.05) is 17.5 Å². The van der Waals surface area contributed by atoms with E-state index >= 15 is 0 Å². The van der Waals surface area contributed by atoms with Gasteiger partial charge in [-0.2, -0.15) is 5.10 Å². The maximum absolute atomic E-state index is 9.33. The van der Waals surface area contributed by atoms with Crippen LogP contribution in [0.25, 0.3) is 10.9 Å². The maximum atomic E-state index is 9.33. The fourth-order valence-electron chi connectivity index (χ4n) is 1.48. The van der Waals surface area contributed by atoms with E-state index in [4.69, 9.17) is 15.6 Å². The zero-order chi connectivity index (χ0) is 12.8. The number of hydrogen-bond acceptors (Lipinski definition) is 4. The van der Waals surface area contributed by atoms with Crippen LogP contribution in [-0.2, 0) is 11.3 Å². The minimum Gasteiger partial charge on any atom is -0.508 e. The normalized spacial score (nSPS) is 11.6. The number of rotatable bonds is 2. The molecule has 0 fully saturated rings. The zero-order valence-electron chi connectivity index (χ0n) is 9.45. The Kier molecular flexibility index (Phi) is 4.47. The van der Waals surface area contributed by atoms with Gasteiger partial charge in [0.1, 0.15) is 5.75 Å². The van der Waals surface area contributed by atoms with Gasteiger partial charge in [0.05, 0.1) is 18.3 Å². The van der Waals surface area contributed by atoms with Crippen molar-refractivity contribution in [1.29, 1.82) is 0 Å². The minimum absolute atomic E-state index is 0.0560. The molecule has 1 aromatic heterocycles. The number of carboxylic acid groups (broad SMARTS) is 1. The van der Waals surface area contributed by atoms with Gasteiger partial charge in [-0.1, -0.05) is 0 Å². The summed E-state index contributed by atoms with van der Waals surface area (Å²) in [7, 11) is 0. The molecule has 0 radical (unpaired) electrons. The Morgan fingerprint density at radius 1 is 1.59 bits per heavy atom. The van der Waals surface area contributed by atoms with E-state index in [1.165, 1.54) is 0 Å². The molecule has 17 heavy (non-hydrogen) atoms. The van der Waals surface area contributed by atoms with Crippen LogP contribution < -0.4 is 5.73 Å². The Hall–Kier alpha value is -2.08. The van der Waals surface area contributed by atoms with Crippen molar-refractivity contribution in [2.75, 3.05) is 0 Å². The van der Waals surface area contributed by atoms with Crippen molar-refractivity contribution in [1.82, 2.24) is 9.78 Å². The van der Waals surface area contributed by atoms with Crippen molar-refractivity contribution < 1.29 is 15.0 Å². The lowest BCUT2D eigenvalue weighted by atomic mass is 10.2. The van der Waals surface area contributed by atoms with Gasteiger partial charge in [0.15, 0.2) is 0 Å². The summed E-state index contributed by atoms with van der Waals surface area (Å²) in [5, 5.41) is 21.4. The summed E-state index contributed by atoms with van der Waals surface area (Å²) in [6, 6.07) is 5.25. The number of carbonyl (C=O) groups is 1. The molecule has 0 aliphatic heterocycles. The highest BCUT2D eigenvalue weighted by atomic mass is 16.3. The molecule has 6 heteroatoms. The van der Waals surface area contributed by atoms with Crippen LogP contribution >= 0.6 is 0 Å². The third kappa shape index (κ3) is 3.46. The van der Waals surface area contributed by atoms with E-state index in [0.29, 0.717) is 6.54 Å². The molecule has 2 rings (SSSR count). The zero-order valence-corrected chi connectivity index (χ0v) is 9.45. The molecule has 6 nitrogen and oxygen atoms in total. The van der Waals surface area contributed by atoms with E-state index < -0.39 is 0 Å². The Morgan fingerprint density at radius 2 is 2.24 bits per heavy atom. The second-order valence-corrected chi connectivity index (χ2v) is 3.65. The van der Waals surface area contributed by atoms with Crippen LogP contribution in [0.2, 0.25) is 0 Å². The van der Waals surface area contributed by atoms with E-state index in [-0.39, 0.29) is 18.3 Å². The van der Waals surface area contributed by atoms with Crippen molar-refractivity contribution >= 4 is 17.4 Å². The van der Waals surface area contributed by atoms with Crippen LogP contribution in [0.3, 0.4) is 0 Å². The van der Waals surface area contributed by atoms with Gasteiger partial charge in [-0.05, 0) is 19.1 Å². The van der Waals surface area contributed by atoms with E-state index in [2.05, 4.69) is 5.10 Å². The molecule has 0 aliphatic carbocycles. The first-order chi connectivity index (χ1) is 8.08. The molecule has 1 heterocycles. The quantitative estimate of drug-likeness (QED) is 0.670. The average Bonchev–Trinajstić information content (AvgIpc) is 2.61. The predicted molar refractivity (Wildman–Crippen MR) is 63.7 cm³/mol. The van der Waals surface area contributed by atoms with Gasteiger partial charge in [-0.15, -0.1) is 0 Å². The number of fused-ring (bicyclic) bond motifs is 1. The van der Waals surface area contributed by atoms with Crippen LogP contribution in [0.15, 0.2) is 24.4 Å². The topological polar surface area (TPSA) is 101 Å². The summed E-state index contributed by atoms with van der Waals surface area (Å²) in [6.45, 7) is 2.34. The predicted octanol–water partition coefficient (Wildman–Crippen LogP) is 0.790. The molecule has 4 N–H and O–H groups in total. The van der Waals surface area contributed by atoms with E-state index in [9.17, 15) is 5.11 Å². The second kappa shape index (κ2) is 5.86.